The van der Waals surface area contributed by atoms with Crippen LogP contribution in [0, 0.1) is 0 Å². The van der Waals surface area contributed by atoms with Crippen LogP contribution in [0.3, 0.4) is 0 Å². The second kappa shape index (κ2) is 9.54. The second-order valence-corrected chi connectivity index (χ2v) is 9.10. The summed E-state index contributed by atoms with van der Waals surface area (Å²) in [4.78, 5) is 20.1. The van der Waals surface area contributed by atoms with Crippen LogP contribution in [0.1, 0.15) is 52.5 Å². The smallest absolute Gasteiger partial charge is 0.163 e. The molecule has 6 rings (SSSR count). The zero-order valence-electron chi connectivity index (χ0n) is 18.9. The lowest BCUT2D eigenvalue weighted by Gasteiger charge is -2.34. The van der Waals surface area contributed by atoms with Crippen molar-refractivity contribution in [3.63, 3.8) is 0 Å². The van der Waals surface area contributed by atoms with Crippen molar-refractivity contribution in [2.45, 2.75) is 58.5 Å². The summed E-state index contributed by atoms with van der Waals surface area (Å²) >= 11 is 0. The molecule has 8 heteroatoms. The van der Waals surface area contributed by atoms with E-state index >= 15 is 0 Å². The minimum Gasteiger partial charge on any atom is -0.377 e. The van der Waals surface area contributed by atoms with E-state index in [4.69, 9.17) is 19.8 Å². The zero-order valence-corrected chi connectivity index (χ0v) is 18.9. The second-order valence-electron chi connectivity index (χ2n) is 9.10. The number of hydrogen-bond acceptors (Lipinski definition) is 6. The number of anilines is 1. The summed E-state index contributed by atoms with van der Waals surface area (Å²) in [6, 6.07) is 8.94. The minimum atomic E-state index is 0. The Morgan fingerprint density at radius 3 is 2.79 bits per heavy atom. The summed E-state index contributed by atoms with van der Waals surface area (Å²) in [5, 5.41) is 5.75. The lowest BCUT2D eigenvalue weighted by molar-refractivity contribution is 0.0985. The topological polar surface area (TPSA) is 84.8 Å². The molecular weight excluding hydrogens is 426 g/mol. The SMILES string of the molecule is C.C[C@@H]1COCCN1c1cc(-c2ccnn2C2CCCCC2)nc(-c2ccnc3[nH]ccc23)n1. The number of H-pyrrole nitrogens is 1. The summed E-state index contributed by atoms with van der Waals surface area (Å²) in [6.07, 6.45) is 11.8. The number of hydrogen-bond donors (Lipinski definition) is 1. The number of aromatic nitrogens is 6. The Hall–Kier alpha value is -3.26. The van der Waals surface area contributed by atoms with Gasteiger partial charge in [-0.05, 0) is 38.0 Å². The van der Waals surface area contributed by atoms with Crippen molar-refractivity contribution in [1.82, 2.24) is 29.7 Å². The molecule has 8 nitrogen and oxygen atoms in total. The fourth-order valence-corrected chi connectivity index (χ4v) is 5.19. The minimum absolute atomic E-state index is 0. The van der Waals surface area contributed by atoms with Crippen molar-refractivity contribution in [3.8, 4) is 22.8 Å². The van der Waals surface area contributed by atoms with E-state index in [0.29, 0.717) is 25.1 Å². The summed E-state index contributed by atoms with van der Waals surface area (Å²) in [5.74, 6) is 1.65. The Labute approximate surface area is 200 Å². The quantitative estimate of drug-likeness (QED) is 0.449. The van der Waals surface area contributed by atoms with Gasteiger partial charge in [0.2, 0.25) is 0 Å². The normalized spacial score (nSPS) is 19.3. The van der Waals surface area contributed by atoms with Crippen LogP contribution >= 0.6 is 0 Å². The fraction of sp³-hybridized carbons (Fsp3) is 0.462. The third-order valence-corrected chi connectivity index (χ3v) is 6.93. The predicted octanol–water partition coefficient (Wildman–Crippen LogP) is 5.25. The highest BCUT2D eigenvalue weighted by Gasteiger charge is 2.25. The first-order valence-corrected chi connectivity index (χ1v) is 12.0. The molecular formula is C26H33N7O. The third kappa shape index (κ3) is 4.07. The molecule has 1 aliphatic heterocycles. The molecule has 1 saturated carbocycles. The molecule has 34 heavy (non-hydrogen) atoms. The van der Waals surface area contributed by atoms with E-state index in [0.717, 1.165) is 40.3 Å². The number of nitrogens with zero attached hydrogens (tertiary/aromatic N) is 6. The van der Waals surface area contributed by atoms with Crippen molar-refractivity contribution in [2.24, 2.45) is 0 Å². The van der Waals surface area contributed by atoms with Crippen molar-refractivity contribution in [2.75, 3.05) is 24.7 Å². The molecule has 0 spiro atoms. The van der Waals surface area contributed by atoms with Crippen LogP contribution in [0.5, 0.6) is 0 Å². The monoisotopic (exact) mass is 459 g/mol. The molecule has 0 unspecified atom stereocenters. The standard InChI is InChI=1S/C25H29N7O.CH4/c1-17-16-33-14-13-31(17)23-15-21(22-9-12-28-32(22)18-5-3-2-4-6-18)29-25(30-23)20-8-11-27-24-19(20)7-10-26-24;/h7-12,15,17-18H,2-6,13-14,16H2,1H3,(H,26,27);1H4/t17-;/m1./s1. The molecule has 4 aromatic heterocycles. The lowest BCUT2D eigenvalue weighted by Crippen LogP contribution is -2.44. The van der Waals surface area contributed by atoms with Gasteiger partial charge in [0.15, 0.2) is 5.82 Å². The maximum absolute atomic E-state index is 5.68. The summed E-state index contributed by atoms with van der Waals surface area (Å²) in [6.45, 7) is 4.40. The number of pyridine rings is 1. The van der Waals surface area contributed by atoms with Crippen LogP contribution in [0.4, 0.5) is 5.82 Å². The number of aromatic amines is 1. The third-order valence-electron chi connectivity index (χ3n) is 6.93. The average Bonchev–Trinajstić information content (AvgIpc) is 3.54. The van der Waals surface area contributed by atoms with Gasteiger partial charge in [0.05, 0.1) is 36.7 Å². The van der Waals surface area contributed by atoms with Crippen LogP contribution in [0.2, 0.25) is 0 Å². The van der Waals surface area contributed by atoms with Gasteiger partial charge in [-0.25, -0.2) is 15.0 Å². The Kier molecular flexibility index (Phi) is 6.32. The van der Waals surface area contributed by atoms with Crippen LogP contribution in [0.25, 0.3) is 33.8 Å². The Morgan fingerprint density at radius 1 is 1.06 bits per heavy atom. The molecule has 0 radical (unpaired) electrons. The lowest BCUT2D eigenvalue weighted by atomic mass is 9.95. The van der Waals surface area contributed by atoms with Gasteiger partial charge in [-0.15, -0.1) is 0 Å². The number of nitrogens with one attached hydrogen (secondary N) is 1. The molecule has 0 aromatic carbocycles. The van der Waals surface area contributed by atoms with Crippen LogP contribution in [-0.2, 0) is 4.74 Å². The van der Waals surface area contributed by atoms with E-state index in [9.17, 15) is 0 Å². The van der Waals surface area contributed by atoms with Crippen LogP contribution in [-0.4, -0.2) is 55.5 Å². The number of morpholine rings is 1. The van der Waals surface area contributed by atoms with Gasteiger partial charge in [0.1, 0.15) is 11.5 Å². The van der Waals surface area contributed by atoms with E-state index in [2.05, 4.69) is 38.6 Å². The van der Waals surface area contributed by atoms with E-state index in [1.54, 1.807) is 0 Å². The molecule has 1 N–H and O–H groups in total. The molecule has 0 bridgehead atoms. The van der Waals surface area contributed by atoms with Crippen LogP contribution < -0.4 is 4.90 Å². The van der Waals surface area contributed by atoms with Gasteiger partial charge >= 0.3 is 0 Å². The Morgan fingerprint density at radius 2 is 1.94 bits per heavy atom. The zero-order chi connectivity index (χ0) is 22.2. The summed E-state index contributed by atoms with van der Waals surface area (Å²) in [5.41, 5.74) is 3.80. The van der Waals surface area contributed by atoms with Gasteiger partial charge in [0, 0.05) is 42.2 Å². The molecule has 178 valence electrons. The fourth-order valence-electron chi connectivity index (χ4n) is 5.19. The van der Waals surface area contributed by atoms with Gasteiger partial charge < -0.3 is 14.6 Å². The van der Waals surface area contributed by atoms with E-state index in [1.165, 1.54) is 32.1 Å². The first kappa shape index (κ1) is 22.5. The van der Waals surface area contributed by atoms with Gasteiger partial charge in [-0.2, -0.15) is 5.10 Å². The molecule has 5 heterocycles. The highest BCUT2D eigenvalue weighted by molar-refractivity contribution is 5.91. The molecule has 2 aliphatic rings. The van der Waals surface area contributed by atoms with E-state index < -0.39 is 0 Å². The number of fused-ring (bicyclic) bond motifs is 1. The average molecular weight is 460 g/mol. The summed E-state index contributed by atoms with van der Waals surface area (Å²) < 4.78 is 7.88. The molecule has 1 saturated heterocycles. The highest BCUT2D eigenvalue weighted by atomic mass is 16.5. The Bertz CT molecular complexity index is 1260. The van der Waals surface area contributed by atoms with Crippen molar-refractivity contribution in [3.05, 3.63) is 42.9 Å². The predicted molar refractivity (Wildman–Crippen MR) is 135 cm³/mol. The molecule has 2 fully saturated rings. The largest absolute Gasteiger partial charge is 0.377 e. The Balaban J connectivity index is 0.00000241. The van der Waals surface area contributed by atoms with E-state index in [1.807, 2.05) is 30.7 Å². The van der Waals surface area contributed by atoms with Crippen molar-refractivity contribution >= 4 is 16.9 Å². The van der Waals surface area contributed by atoms with Gasteiger partial charge in [-0.3, -0.25) is 4.68 Å². The van der Waals surface area contributed by atoms with Gasteiger partial charge in [-0.1, -0.05) is 26.7 Å². The summed E-state index contributed by atoms with van der Waals surface area (Å²) in [7, 11) is 0. The number of ether oxygens (including phenoxy) is 1. The van der Waals surface area contributed by atoms with Crippen LogP contribution in [0.15, 0.2) is 42.9 Å². The van der Waals surface area contributed by atoms with E-state index in [-0.39, 0.29) is 13.5 Å². The maximum atomic E-state index is 5.68. The molecule has 4 aromatic rings. The number of rotatable bonds is 4. The molecule has 0 amide bonds. The first-order chi connectivity index (χ1) is 16.3. The molecule has 1 aliphatic carbocycles. The van der Waals surface area contributed by atoms with Crippen molar-refractivity contribution in [1.29, 1.82) is 0 Å². The van der Waals surface area contributed by atoms with Crippen molar-refractivity contribution < 1.29 is 4.74 Å². The first-order valence-electron chi connectivity index (χ1n) is 12.0. The molecule has 1 atom stereocenters. The van der Waals surface area contributed by atoms with Gasteiger partial charge in [0.25, 0.3) is 0 Å². The highest BCUT2D eigenvalue weighted by Crippen LogP contribution is 2.34. The maximum Gasteiger partial charge on any atom is 0.163 e.